The molecular weight excluding hydrogens is 223 g/mol. The molecule has 0 aromatic heterocycles. The maximum atomic E-state index is 2.42. The van der Waals surface area contributed by atoms with Crippen LogP contribution in [0.25, 0.3) is 0 Å². The van der Waals surface area contributed by atoms with Crippen LogP contribution in [-0.2, 0) is 0 Å². The fraction of sp³-hybridized carbons (Fsp3) is 0.625. The van der Waals surface area contributed by atoms with E-state index in [0.29, 0.717) is 0 Å². The molecule has 0 amide bonds. The number of rotatable bonds is 1. The molecule has 4 rings (SSSR count). The van der Waals surface area contributed by atoms with E-state index in [1.54, 1.807) is 18.1 Å². The van der Waals surface area contributed by atoms with Crippen LogP contribution in [0.2, 0.25) is 0 Å². The minimum atomic E-state index is 0.179. The predicted octanol–water partition coefficient (Wildman–Crippen LogP) is 4.14. The molecule has 0 unspecified atom stereocenters. The van der Waals surface area contributed by atoms with Gasteiger partial charge in [-0.25, -0.2) is 0 Å². The highest BCUT2D eigenvalue weighted by molar-refractivity contribution is 7.67. The normalized spacial score (nSPS) is 43.6. The van der Waals surface area contributed by atoms with Gasteiger partial charge in [0.05, 0.1) is 0 Å². The summed E-state index contributed by atoms with van der Waals surface area (Å²) in [6.07, 6.45) is 9.22. The summed E-state index contributed by atoms with van der Waals surface area (Å²) in [5.74, 6) is 2.24. The largest absolute Gasteiger partial charge is 0.0684 e. The Morgan fingerprint density at radius 1 is 0.765 bits per heavy atom. The molecule has 0 bridgehead atoms. The lowest BCUT2D eigenvalue weighted by Crippen LogP contribution is -2.14. The Balaban J connectivity index is 1.73. The Kier molecular flexibility index (Phi) is 2.54. The Morgan fingerprint density at radius 3 is 1.94 bits per heavy atom. The Bertz CT molecular complexity index is 379. The van der Waals surface area contributed by atoms with Crippen LogP contribution in [0.3, 0.4) is 0 Å². The summed E-state index contributed by atoms with van der Waals surface area (Å²) in [6.45, 7) is 0. The molecule has 3 fully saturated rings. The fourth-order valence-electron chi connectivity index (χ4n) is 4.86. The van der Waals surface area contributed by atoms with Crippen molar-refractivity contribution in [2.24, 2.45) is 11.8 Å². The third kappa shape index (κ3) is 1.53. The van der Waals surface area contributed by atoms with E-state index in [1.807, 2.05) is 0 Å². The molecule has 1 aliphatic heterocycles. The molecular formula is C16H21P. The van der Waals surface area contributed by atoms with Crippen molar-refractivity contribution < 1.29 is 0 Å². The molecule has 2 aliphatic carbocycles. The van der Waals surface area contributed by atoms with Gasteiger partial charge in [0.15, 0.2) is 0 Å². The zero-order valence-electron chi connectivity index (χ0n) is 10.4. The zero-order chi connectivity index (χ0) is 11.2. The van der Waals surface area contributed by atoms with Crippen LogP contribution in [0.15, 0.2) is 30.3 Å². The second-order valence-electron chi connectivity index (χ2n) is 6.07. The highest BCUT2D eigenvalue weighted by Gasteiger charge is 2.53. The third-order valence-electron chi connectivity index (χ3n) is 5.38. The van der Waals surface area contributed by atoms with Crippen molar-refractivity contribution in [3.05, 3.63) is 30.3 Å². The van der Waals surface area contributed by atoms with Crippen molar-refractivity contribution in [1.82, 2.24) is 0 Å². The van der Waals surface area contributed by atoms with Crippen LogP contribution in [-0.4, -0.2) is 11.3 Å². The van der Waals surface area contributed by atoms with E-state index < -0.39 is 0 Å². The molecule has 3 aliphatic rings. The van der Waals surface area contributed by atoms with Crippen molar-refractivity contribution in [3.63, 3.8) is 0 Å². The molecule has 0 radical (unpaired) electrons. The highest BCUT2D eigenvalue weighted by atomic mass is 31.1. The maximum absolute atomic E-state index is 2.42. The summed E-state index contributed by atoms with van der Waals surface area (Å²) in [4.78, 5) is 0. The van der Waals surface area contributed by atoms with E-state index >= 15 is 0 Å². The first-order valence-electron chi connectivity index (χ1n) is 7.28. The summed E-state index contributed by atoms with van der Waals surface area (Å²) in [6, 6.07) is 11.5. The smallest absolute Gasteiger partial charge is 0.0135 e. The highest BCUT2D eigenvalue weighted by Crippen LogP contribution is 2.68. The summed E-state index contributed by atoms with van der Waals surface area (Å²) in [7, 11) is 0.179. The molecule has 0 spiro atoms. The van der Waals surface area contributed by atoms with Gasteiger partial charge in [-0.05, 0) is 54.1 Å². The lowest BCUT2D eigenvalue weighted by atomic mass is 9.90. The minimum absolute atomic E-state index is 0.179. The van der Waals surface area contributed by atoms with E-state index in [1.165, 1.54) is 25.7 Å². The Morgan fingerprint density at radius 2 is 1.35 bits per heavy atom. The molecule has 1 heterocycles. The van der Waals surface area contributed by atoms with Crippen LogP contribution >= 0.6 is 7.92 Å². The number of fused-ring (bicyclic) bond motifs is 3. The first-order valence-corrected chi connectivity index (χ1v) is 8.76. The van der Waals surface area contributed by atoms with E-state index in [2.05, 4.69) is 30.3 Å². The van der Waals surface area contributed by atoms with Gasteiger partial charge in [-0.1, -0.05) is 51.1 Å². The molecule has 1 aromatic carbocycles. The maximum Gasteiger partial charge on any atom is -0.0135 e. The molecule has 0 nitrogen and oxygen atoms in total. The molecule has 90 valence electrons. The second kappa shape index (κ2) is 4.09. The SMILES string of the molecule is c1ccc(P2[C@@H]3CCC[C@@H]3[C@H]3CCC[C@H]32)cc1. The number of benzene rings is 1. The molecule has 17 heavy (non-hydrogen) atoms. The molecule has 1 saturated heterocycles. The standard InChI is InChI=1S/C16H21P/c1-2-6-12(7-3-1)17-15-10-4-8-13(15)14-9-5-11-16(14)17/h1-3,6-7,13-16H,4-5,8-11H2/t13-,14-,15-,16-/m1/s1. The fourth-order valence-corrected chi connectivity index (χ4v) is 9.12. The van der Waals surface area contributed by atoms with E-state index in [9.17, 15) is 0 Å². The van der Waals surface area contributed by atoms with Gasteiger partial charge in [-0.3, -0.25) is 0 Å². The third-order valence-corrected chi connectivity index (χ3v) is 8.99. The molecule has 1 heteroatoms. The monoisotopic (exact) mass is 244 g/mol. The average molecular weight is 244 g/mol. The van der Waals surface area contributed by atoms with Crippen LogP contribution in [0.4, 0.5) is 0 Å². The van der Waals surface area contributed by atoms with Gasteiger partial charge in [-0.2, -0.15) is 0 Å². The first kappa shape index (κ1) is 10.6. The van der Waals surface area contributed by atoms with Crippen molar-refractivity contribution in [1.29, 1.82) is 0 Å². The summed E-state index contributed by atoms with van der Waals surface area (Å²) in [5, 5.41) is 1.72. The van der Waals surface area contributed by atoms with Crippen LogP contribution < -0.4 is 5.30 Å². The molecule has 2 saturated carbocycles. The van der Waals surface area contributed by atoms with Crippen LogP contribution in [0, 0.1) is 11.8 Å². The van der Waals surface area contributed by atoms with Gasteiger partial charge in [0, 0.05) is 0 Å². The average Bonchev–Trinajstić information content (AvgIpc) is 3.01. The van der Waals surface area contributed by atoms with Gasteiger partial charge in [-0.15, -0.1) is 0 Å². The molecule has 1 aromatic rings. The van der Waals surface area contributed by atoms with E-state index in [0.717, 1.165) is 23.2 Å². The first-order chi connectivity index (χ1) is 8.45. The predicted molar refractivity (Wildman–Crippen MR) is 75.3 cm³/mol. The summed E-state index contributed by atoms with van der Waals surface area (Å²) < 4.78 is 0. The number of hydrogen-bond acceptors (Lipinski definition) is 0. The Hall–Kier alpha value is -0.350. The van der Waals surface area contributed by atoms with Gasteiger partial charge in [0.1, 0.15) is 0 Å². The molecule has 0 N–H and O–H groups in total. The van der Waals surface area contributed by atoms with Gasteiger partial charge in [0.25, 0.3) is 0 Å². The zero-order valence-corrected chi connectivity index (χ0v) is 11.3. The minimum Gasteiger partial charge on any atom is -0.0684 e. The van der Waals surface area contributed by atoms with Gasteiger partial charge >= 0.3 is 0 Å². The van der Waals surface area contributed by atoms with Crippen molar-refractivity contribution in [2.75, 3.05) is 0 Å². The number of hydrogen-bond donors (Lipinski definition) is 0. The Labute approximate surface area is 106 Å². The van der Waals surface area contributed by atoms with E-state index in [-0.39, 0.29) is 7.92 Å². The second-order valence-corrected chi connectivity index (χ2v) is 8.72. The topological polar surface area (TPSA) is 0 Å². The van der Waals surface area contributed by atoms with Crippen molar-refractivity contribution >= 4 is 13.2 Å². The summed E-state index contributed by atoms with van der Waals surface area (Å²) in [5.41, 5.74) is 2.20. The van der Waals surface area contributed by atoms with Crippen LogP contribution in [0.5, 0.6) is 0 Å². The lowest BCUT2D eigenvalue weighted by molar-refractivity contribution is 0.384. The summed E-state index contributed by atoms with van der Waals surface area (Å²) >= 11 is 0. The van der Waals surface area contributed by atoms with Crippen LogP contribution in [0.1, 0.15) is 38.5 Å². The van der Waals surface area contributed by atoms with E-state index in [4.69, 9.17) is 0 Å². The quantitative estimate of drug-likeness (QED) is 0.651. The van der Waals surface area contributed by atoms with Gasteiger partial charge < -0.3 is 0 Å². The lowest BCUT2D eigenvalue weighted by Gasteiger charge is -2.24. The van der Waals surface area contributed by atoms with Gasteiger partial charge in [0.2, 0.25) is 0 Å². The van der Waals surface area contributed by atoms with Crippen molar-refractivity contribution in [2.45, 2.75) is 49.8 Å². The van der Waals surface area contributed by atoms with Crippen molar-refractivity contribution in [3.8, 4) is 0 Å². The molecule has 4 atom stereocenters.